The van der Waals surface area contributed by atoms with Crippen molar-refractivity contribution in [3.05, 3.63) is 41.3 Å². The number of aryl methyl sites for hydroxylation is 1. The fourth-order valence-corrected chi connectivity index (χ4v) is 1.83. The van der Waals surface area contributed by atoms with E-state index in [2.05, 4.69) is 30.7 Å². The molecule has 1 aromatic heterocycles. The number of nitrogens with two attached hydrogens (primary N) is 1. The van der Waals surface area contributed by atoms with Gasteiger partial charge in [-0.15, -0.1) is 0 Å². The molecule has 0 atom stereocenters. The first-order chi connectivity index (χ1) is 8.79. The van der Waals surface area contributed by atoms with Crippen molar-refractivity contribution in [1.29, 1.82) is 0 Å². The summed E-state index contributed by atoms with van der Waals surface area (Å²) in [4.78, 5) is 8.12. The summed E-state index contributed by atoms with van der Waals surface area (Å²) in [6.45, 7) is 8.04. The zero-order chi connectivity index (χ0) is 14.2. The normalized spacial score (nSPS) is 11.6. The average molecular weight is 259 g/mol. The van der Waals surface area contributed by atoms with Crippen LogP contribution in [0.3, 0.4) is 0 Å². The van der Waals surface area contributed by atoms with E-state index in [1.807, 2.05) is 24.3 Å². The molecule has 2 rings (SSSR count). The van der Waals surface area contributed by atoms with Crippen molar-refractivity contribution in [1.82, 2.24) is 9.97 Å². The summed E-state index contributed by atoms with van der Waals surface area (Å²) in [5.41, 5.74) is 7.95. The van der Waals surface area contributed by atoms with Crippen LogP contribution in [0.15, 0.2) is 24.3 Å². The van der Waals surface area contributed by atoms with E-state index in [0.717, 1.165) is 5.56 Å². The summed E-state index contributed by atoms with van der Waals surface area (Å²) < 4.78 is 13.4. The van der Waals surface area contributed by atoms with Gasteiger partial charge in [-0.3, -0.25) is 0 Å². The fourth-order valence-electron chi connectivity index (χ4n) is 1.83. The molecule has 0 saturated heterocycles. The number of nitrogen functional groups attached to an aromatic ring is 1. The van der Waals surface area contributed by atoms with E-state index in [1.54, 1.807) is 6.92 Å². The molecule has 100 valence electrons. The summed E-state index contributed by atoms with van der Waals surface area (Å²) in [7, 11) is 0. The zero-order valence-electron chi connectivity index (χ0n) is 11.7. The molecule has 0 spiro atoms. The number of anilines is 1. The lowest BCUT2D eigenvalue weighted by Gasteiger charge is -2.19. The van der Waals surface area contributed by atoms with Crippen molar-refractivity contribution in [2.75, 3.05) is 5.73 Å². The summed E-state index contributed by atoms with van der Waals surface area (Å²) in [5.74, 6) is -0.200. The minimum Gasteiger partial charge on any atom is -0.381 e. The summed E-state index contributed by atoms with van der Waals surface area (Å²) in [6, 6.07) is 7.94. The van der Waals surface area contributed by atoms with Gasteiger partial charge in [0.25, 0.3) is 0 Å². The molecular formula is C15H18FN3. The van der Waals surface area contributed by atoms with Crippen molar-refractivity contribution < 1.29 is 4.39 Å². The van der Waals surface area contributed by atoms with Gasteiger partial charge in [0.1, 0.15) is 0 Å². The molecule has 0 aliphatic carbocycles. The zero-order valence-corrected chi connectivity index (χ0v) is 11.7. The second kappa shape index (κ2) is 4.61. The minimum atomic E-state index is -0.546. The maximum atomic E-state index is 13.4. The Morgan fingerprint density at radius 3 is 2.11 bits per heavy atom. The molecule has 0 saturated carbocycles. The molecule has 2 aromatic rings. The van der Waals surface area contributed by atoms with Crippen molar-refractivity contribution >= 4 is 5.82 Å². The Kier molecular flexibility index (Phi) is 3.27. The Morgan fingerprint density at radius 1 is 1.05 bits per heavy atom. The van der Waals surface area contributed by atoms with Crippen LogP contribution in [-0.2, 0) is 5.41 Å². The molecule has 0 aliphatic heterocycles. The van der Waals surface area contributed by atoms with Gasteiger partial charge in [0, 0.05) is 5.56 Å². The van der Waals surface area contributed by atoms with Gasteiger partial charge in [-0.2, -0.15) is 0 Å². The molecule has 0 radical (unpaired) electrons. The highest BCUT2D eigenvalue weighted by Gasteiger charge is 2.14. The van der Waals surface area contributed by atoms with E-state index in [1.165, 1.54) is 5.56 Å². The molecule has 19 heavy (non-hydrogen) atoms. The summed E-state index contributed by atoms with van der Waals surface area (Å²) in [5, 5.41) is 0. The monoisotopic (exact) mass is 259 g/mol. The van der Waals surface area contributed by atoms with Gasteiger partial charge < -0.3 is 5.73 Å². The van der Waals surface area contributed by atoms with E-state index in [-0.39, 0.29) is 16.9 Å². The number of aromatic nitrogens is 2. The lowest BCUT2D eigenvalue weighted by molar-refractivity contribution is 0.590. The minimum absolute atomic E-state index is 0.0944. The molecule has 0 aliphatic rings. The molecule has 0 unspecified atom stereocenters. The average Bonchev–Trinajstić information content (AvgIpc) is 2.34. The largest absolute Gasteiger partial charge is 0.381 e. The highest BCUT2D eigenvalue weighted by atomic mass is 19.1. The van der Waals surface area contributed by atoms with Crippen LogP contribution < -0.4 is 5.73 Å². The standard InChI is InChI=1S/C15H18FN3/c1-9-12(16)13(17)19-14(18-9)10-5-7-11(8-6-10)15(2,3)4/h5-8H,1-4H3,(H2,17,18,19). The predicted molar refractivity (Wildman–Crippen MR) is 75.3 cm³/mol. The molecule has 0 bridgehead atoms. The molecular weight excluding hydrogens is 241 g/mol. The Bertz CT molecular complexity index is 575. The SMILES string of the molecule is Cc1nc(-c2ccc(C(C)(C)C)cc2)nc(N)c1F. The Labute approximate surface area is 112 Å². The summed E-state index contributed by atoms with van der Waals surface area (Å²) in [6.07, 6.45) is 0. The number of hydrogen-bond acceptors (Lipinski definition) is 3. The lowest BCUT2D eigenvalue weighted by Crippen LogP contribution is -2.10. The van der Waals surface area contributed by atoms with Gasteiger partial charge in [0.2, 0.25) is 0 Å². The van der Waals surface area contributed by atoms with Crippen molar-refractivity contribution in [2.24, 2.45) is 0 Å². The first-order valence-corrected chi connectivity index (χ1v) is 6.19. The second-order valence-electron chi connectivity index (χ2n) is 5.66. The Balaban J connectivity index is 2.43. The van der Waals surface area contributed by atoms with Gasteiger partial charge >= 0.3 is 0 Å². The van der Waals surface area contributed by atoms with E-state index in [0.29, 0.717) is 5.82 Å². The number of benzene rings is 1. The van der Waals surface area contributed by atoms with Gasteiger partial charge in [-0.1, -0.05) is 45.0 Å². The highest BCUT2D eigenvalue weighted by Crippen LogP contribution is 2.25. The van der Waals surface area contributed by atoms with Crippen LogP contribution in [0.5, 0.6) is 0 Å². The molecule has 2 N–H and O–H groups in total. The Morgan fingerprint density at radius 2 is 1.63 bits per heavy atom. The van der Waals surface area contributed by atoms with Gasteiger partial charge in [0.15, 0.2) is 17.5 Å². The van der Waals surface area contributed by atoms with E-state index < -0.39 is 5.82 Å². The van der Waals surface area contributed by atoms with Gasteiger partial charge in [-0.25, -0.2) is 14.4 Å². The smallest absolute Gasteiger partial charge is 0.186 e. The number of halogens is 1. The molecule has 3 nitrogen and oxygen atoms in total. The molecule has 4 heteroatoms. The summed E-state index contributed by atoms with van der Waals surface area (Å²) >= 11 is 0. The third kappa shape index (κ3) is 2.72. The maximum Gasteiger partial charge on any atom is 0.186 e. The molecule has 1 aromatic carbocycles. The van der Waals surface area contributed by atoms with Crippen LogP contribution >= 0.6 is 0 Å². The third-order valence-corrected chi connectivity index (χ3v) is 3.05. The quantitative estimate of drug-likeness (QED) is 0.853. The van der Waals surface area contributed by atoms with Gasteiger partial charge in [-0.05, 0) is 17.9 Å². The fraction of sp³-hybridized carbons (Fsp3) is 0.333. The first-order valence-electron chi connectivity index (χ1n) is 6.19. The lowest BCUT2D eigenvalue weighted by atomic mass is 9.87. The topological polar surface area (TPSA) is 51.8 Å². The van der Waals surface area contributed by atoms with Gasteiger partial charge in [0.05, 0.1) is 5.69 Å². The van der Waals surface area contributed by atoms with Crippen LogP contribution in [-0.4, -0.2) is 9.97 Å². The molecule has 1 heterocycles. The van der Waals surface area contributed by atoms with E-state index in [4.69, 9.17) is 5.73 Å². The van der Waals surface area contributed by atoms with Crippen LogP contribution in [0.25, 0.3) is 11.4 Å². The van der Waals surface area contributed by atoms with E-state index in [9.17, 15) is 4.39 Å². The Hall–Kier alpha value is -1.97. The van der Waals surface area contributed by atoms with Crippen LogP contribution in [0.2, 0.25) is 0 Å². The number of nitrogens with zero attached hydrogens (tertiary/aromatic N) is 2. The number of rotatable bonds is 1. The van der Waals surface area contributed by atoms with Crippen molar-refractivity contribution in [2.45, 2.75) is 33.1 Å². The van der Waals surface area contributed by atoms with Crippen LogP contribution in [0.1, 0.15) is 32.0 Å². The number of hydrogen-bond donors (Lipinski definition) is 1. The highest BCUT2D eigenvalue weighted by molar-refractivity contribution is 5.58. The molecule has 0 fully saturated rings. The second-order valence-corrected chi connectivity index (χ2v) is 5.66. The van der Waals surface area contributed by atoms with E-state index >= 15 is 0 Å². The third-order valence-electron chi connectivity index (χ3n) is 3.05. The van der Waals surface area contributed by atoms with Crippen LogP contribution in [0.4, 0.5) is 10.2 Å². The molecule has 0 amide bonds. The predicted octanol–water partition coefficient (Wildman–Crippen LogP) is 3.47. The van der Waals surface area contributed by atoms with Crippen molar-refractivity contribution in [3.63, 3.8) is 0 Å². The van der Waals surface area contributed by atoms with Crippen molar-refractivity contribution in [3.8, 4) is 11.4 Å². The van der Waals surface area contributed by atoms with Crippen LogP contribution in [0, 0.1) is 12.7 Å². The first kappa shape index (κ1) is 13.5. The maximum absolute atomic E-state index is 13.4.